The summed E-state index contributed by atoms with van der Waals surface area (Å²) in [7, 11) is 0. The molecule has 0 saturated carbocycles. The summed E-state index contributed by atoms with van der Waals surface area (Å²) in [5.74, 6) is -0.0591. The maximum absolute atomic E-state index is 12.1. The molecule has 0 heterocycles. The van der Waals surface area contributed by atoms with Gasteiger partial charge in [0, 0.05) is 12.3 Å². The smallest absolute Gasteiger partial charge is 0.406 e. The lowest BCUT2D eigenvalue weighted by atomic mass is 10.0. The van der Waals surface area contributed by atoms with Crippen LogP contribution in [0.4, 0.5) is 18.9 Å². The maximum Gasteiger partial charge on any atom is 0.573 e. The topological polar surface area (TPSA) is 21.6 Å². The van der Waals surface area contributed by atoms with Gasteiger partial charge in [-0.15, -0.1) is 13.2 Å². The second-order valence-corrected chi connectivity index (χ2v) is 3.81. The SMILES string of the molecule is C/C=N\c1cc(OC(F)(F)F)ccc1C(C)C. The molecule has 5 heteroatoms. The highest BCUT2D eigenvalue weighted by Gasteiger charge is 2.31. The molecule has 17 heavy (non-hydrogen) atoms. The van der Waals surface area contributed by atoms with Crippen LogP contribution in [0.15, 0.2) is 23.2 Å². The summed E-state index contributed by atoms with van der Waals surface area (Å²) in [5, 5.41) is 0. The van der Waals surface area contributed by atoms with Gasteiger partial charge in [0.2, 0.25) is 0 Å². The third-order valence-electron chi connectivity index (χ3n) is 2.13. The average Bonchev–Trinajstić information content (AvgIpc) is 2.15. The molecule has 0 N–H and O–H groups in total. The van der Waals surface area contributed by atoms with Crippen molar-refractivity contribution in [2.45, 2.75) is 33.1 Å². The highest BCUT2D eigenvalue weighted by molar-refractivity contribution is 5.64. The van der Waals surface area contributed by atoms with E-state index in [9.17, 15) is 13.2 Å². The van der Waals surface area contributed by atoms with Gasteiger partial charge >= 0.3 is 6.36 Å². The summed E-state index contributed by atoms with van der Waals surface area (Å²) in [6.45, 7) is 5.62. The van der Waals surface area contributed by atoms with Crippen LogP contribution in [0.5, 0.6) is 5.75 Å². The van der Waals surface area contributed by atoms with Crippen molar-refractivity contribution < 1.29 is 17.9 Å². The Labute approximate surface area is 98.1 Å². The van der Waals surface area contributed by atoms with Gasteiger partial charge in [0.05, 0.1) is 5.69 Å². The Kier molecular flexibility index (Phi) is 4.15. The Morgan fingerprint density at radius 3 is 2.41 bits per heavy atom. The minimum Gasteiger partial charge on any atom is -0.406 e. The molecule has 1 aromatic carbocycles. The lowest BCUT2D eigenvalue weighted by Crippen LogP contribution is -2.17. The van der Waals surface area contributed by atoms with Crippen LogP contribution >= 0.6 is 0 Å². The Hall–Kier alpha value is -1.52. The van der Waals surface area contributed by atoms with Gasteiger partial charge in [0.1, 0.15) is 5.75 Å². The molecule has 0 atom stereocenters. The number of rotatable bonds is 3. The van der Waals surface area contributed by atoms with Crippen molar-refractivity contribution >= 4 is 11.9 Å². The zero-order chi connectivity index (χ0) is 13.1. The first-order valence-corrected chi connectivity index (χ1v) is 5.22. The number of benzene rings is 1. The predicted molar refractivity (Wildman–Crippen MR) is 61.0 cm³/mol. The van der Waals surface area contributed by atoms with Gasteiger partial charge in [-0.1, -0.05) is 19.9 Å². The third-order valence-corrected chi connectivity index (χ3v) is 2.13. The fraction of sp³-hybridized carbons (Fsp3) is 0.417. The number of aliphatic imine (C=N–C) groups is 1. The molecule has 0 spiro atoms. The zero-order valence-corrected chi connectivity index (χ0v) is 9.88. The summed E-state index contributed by atoms with van der Waals surface area (Å²) in [6.07, 6.45) is -3.13. The first-order valence-electron chi connectivity index (χ1n) is 5.22. The Balaban J connectivity index is 3.10. The average molecular weight is 245 g/mol. The fourth-order valence-corrected chi connectivity index (χ4v) is 1.46. The molecular weight excluding hydrogens is 231 g/mol. The van der Waals surface area contributed by atoms with E-state index in [0.29, 0.717) is 5.69 Å². The molecule has 1 aromatic rings. The van der Waals surface area contributed by atoms with Crippen molar-refractivity contribution in [1.82, 2.24) is 0 Å². The van der Waals surface area contributed by atoms with Crippen molar-refractivity contribution in [2.24, 2.45) is 4.99 Å². The molecule has 0 amide bonds. The molecule has 1 rings (SSSR count). The monoisotopic (exact) mass is 245 g/mol. The lowest BCUT2D eigenvalue weighted by Gasteiger charge is -2.13. The molecule has 0 aliphatic carbocycles. The zero-order valence-electron chi connectivity index (χ0n) is 9.88. The highest BCUT2D eigenvalue weighted by Crippen LogP contribution is 2.32. The van der Waals surface area contributed by atoms with Crippen molar-refractivity contribution in [3.8, 4) is 5.75 Å². The second kappa shape index (κ2) is 5.21. The number of hydrogen-bond donors (Lipinski definition) is 0. The quantitative estimate of drug-likeness (QED) is 0.722. The van der Waals surface area contributed by atoms with Crippen molar-refractivity contribution in [1.29, 1.82) is 0 Å². The van der Waals surface area contributed by atoms with Crippen molar-refractivity contribution in [2.75, 3.05) is 0 Å². The Morgan fingerprint density at radius 2 is 1.94 bits per heavy atom. The molecule has 0 aromatic heterocycles. The Bertz CT molecular complexity index is 411. The summed E-state index contributed by atoms with van der Waals surface area (Å²) in [6, 6.07) is 4.20. The molecule has 0 aliphatic heterocycles. The van der Waals surface area contributed by atoms with Gasteiger partial charge in [-0.2, -0.15) is 0 Å². The second-order valence-electron chi connectivity index (χ2n) is 3.81. The molecule has 0 fully saturated rings. The number of ether oxygens (including phenoxy) is 1. The van der Waals surface area contributed by atoms with Crippen molar-refractivity contribution in [3.63, 3.8) is 0 Å². The molecule has 94 valence electrons. The van der Waals surface area contributed by atoms with E-state index in [1.165, 1.54) is 12.1 Å². The normalized spacial score (nSPS) is 12.4. The van der Waals surface area contributed by atoms with Gasteiger partial charge in [-0.25, -0.2) is 0 Å². The van der Waals surface area contributed by atoms with Crippen LogP contribution in [0.3, 0.4) is 0 Å². The van der Waals surface area contributed by atoms with E-state index < -0.39 is 6.36 Å². The van der Waals surface area contributed by atoms with E-state index in [0.717, 1.165) is 5.56 Å². The van der Waals surface area contributed by atoms with Crippen LogP contribution in [0.2, 0.25) is 0 Å². The molecular formula is C12H14F3NO. The van der Waals surface area contributed by atoms with Crippen LogP contribution in [-0.2, 0) is 0 Å². The fourth-order valence-electron chi connectivity index (χ4n) is 1.46. The van der Waals surface area contributed by atoms with Gasteiger partial charge in [0.15, 0.2) is 0 Å². The summed E-state index contributed by atoms with van der Waals surface area (Å²) < 4.78 is 40.0. The Morgan fingerprint density at radius 1 is 1.29 bits per heavy atom. The van der Waals surface area contributed by atoms with Crippen LogP contribution in [0.1, 0.15) is 32.3 Å². The van der Waals surface area contributed by atoms with Crippen LogP contribution < -0.4 is 4.74 Å². The number of halogens is 3. The molecule has 0 bridgehead atoms. The molecule has 0 saturated heterocycles. The minimum absolute atomic E-state index is 0.189. The maximum atomic E-state index is 12.1. The van der Waals surface area contributed by atoms with E-state index >= 15 is 0 Å². The minimum atomic E-state index is -4.67. The van der Waals surface area contributed by atoms with Crippen LogP contribution in [-0.4, -0.2) is 12.6 Å². The van der Waals surface area contributed by atoms with Crippen LogP contribution in [0.25, 0.3) is 0 Å². The number of alkyl halides is 3. The summed E-state index contributed by atoms with van der Waals surface area (Å²) in [5.41, 5.74) is 1.39. The van der Waals surface area contributed by atoms with Gasteiger partial charge < -0.3 is 4.74 Å². The summed E-state index contributed by atoms with van der Waals surface area (Å²) in [4.78, 5) is 4.05. The molecule has 2 nitrogen and oxygen atoms in total. The van der Waals surface area contributed by atoms with Gasteiger partial charge in [-0.3, -0.25) is 4.99 Å². The largest absolute Gasteiger partial charge is 0.573 e. The number of hydrogen-bond acceptors (Lipinski definition) is 2. The standard InChI is InChI=1S/C12H14F3NO/c1-4-16-11-7-9(17-12(13,14)15)5-6-10(11)8(2)3/h4-8H,1-3H3/b16-4-. The van der Waals surface area contributed by atoms with Gasteiger partial charge in [0.25, 0.3) is 0 Å². The first-order chi connectivity index (χ1) is 7.83. The number of nitrogens with zero attached hydrogens (tertiary/aromatic N) is 1. The van der Waals surface area contributed by atoms with Gasteiger partial charge in [-0.05, 0) is 24.5 Å². The molecule has 0 aliphatic rings. The predicted octanol–water partition coefficient (Wildman–Crippen LogP) is 4.43. The van der Waals surface area contributed by atoms with Crippen LogP contribution in [0, 0.1) is 0 Å². The van der Waals surface area contributed by atoms with E-state index in [1.807, 2.05) is 13.8 Å². The first kappa shape index (κ1) is 13.5. The van der Waals surface area contributed by atoms with E-state index in [-0.39, 0.29) is 11.7 Å². The van der Waals surface area contributed by atoms with Crippen molar-refractivity contribution in [3.05, 3.63) is 23.8 Å². The van der Waals surface area contributed by atoms with E-state index in [4.69, 9.17) is 0 Å². The summed E-state index contributed by atoms with van der Waals surface area (Å²) >= 11 is 0. The van der Waals surface area contributed by atoms with E-state index in [1.54, 1.807) is 19.2 Å². The lowest BCUT2D eigenvalue weighted by molar-refractivity contribution is -0.274. The van der Waals surface area contributed by atoms with E-state index in [2.05, 4.69) is 9.73 Å². The highest BCUT2D eigenvalue weighted by atomic mass is 19.4. The molecule has 0 unspecified atom stereocenters. The third kappa shape index (κ3) is 4.09. The molecule has 0 radical (unpaired) electrons.